The van der Waals surface area contributed by atoms with Crippen LogP contribution in [0.15, 0.2) is 18.2 Å². The molecule has 0 unspecified atom stereocenters. The third kappa shape index (κ3) is 3.38. The van der Waals surface area contributed by atoms with Crippen LogP contribution < -0.4 is 10.6 Å². The standard InChI is InChI=1S/C14H20N2O3/c1-10(2)19-14(17)11-3-4-13(12(15)9-11)16-5-7-18-8-6-16/h3-4,9-10H,5-8,15H2,1-2H3. The lowest BCUT2D eigenvalue weighted by Crippen LogP contribution is -2.36. The minimum Gasteiger partial charge on any atom is -0.459 e. The van der Waals surface area contributed by atoms with Crippen molar-refractivity contribution < 1.29 is 14.3 Å². The van der Waals surface area contributed by atoms with E-state index in [2.05, 4.69) is 4.90 Å². The van der Waals surface area contributed by atoms with Gasteiger partial charge in [-0.3, -0.25) is 0 Å². The molecule has 0 radical (unpaired) electrons. The van der Waals surface area contributed by atoms with Crippen LogP contribution in [0.1, 0.15) is 24.2 Å². The van der Waals surface area contributed by atoms with Gasteiger partial charge < -0.3 is 20.1 Å². The maximum atomic E-state index is 11.8. The molecular formula is C14H20N2O3. The van der Waals surface area contributed by atoms with Gasteiger partial charge in [0.15, 0.2) is 0 Å². The second kappa shape index (κ2) is 5.93. The molecule has 0 spiro atoms. The summed E-state index contributed by atoms with van der Waals surface area (Å²) in [5.41, 5.74) is 8.07. The molecule has 2 N–H and O–H groups in total. The Labute approximate surface area is 113 Å². The summed E-state index contributed by atoms with van der Waals surface area (Å²) in [6, 6.07) is 5.30. The van der Waals surface area contributed by atoms with E-state index in [1.807, 2.05) is 19.9 Å². The molecule has 0 amide bonds. The Morgan fingerprint density at radius 3 is 2.63 bits per heavy atom. The maximum Gasteiger partial charge on any atom is 0.338 e. The molecule has 1 saturated heterocycles. The van der Waals surface area contributed by atoms with Gasteiger partial charge in [0.05, 0.1) is 36.3 Å². The Bertz CT molecular complexity index is 454. The highest BCUT2D eigenvalue weighted by atomic mass is 16.5. The zero-order valence-corrected chi connectivity index (χ0v) is 11.4. The Morgan fingerprint density at radius 1 is 1.37 bits per heavy atom. The van der Waals surface area contributed by atoms with Crippen molar-refractivity contribution in [3.8, 4) is 0 Å². The summed E-state index contributed by atoms with van der Waals surface area (Å²) in [5, 5.41) is 0. The van der Waals surface area contributed by atoms with Crippen molar-refractivity contribution in [2.24, 2.45) is 0 Å². The minimum absolute atomic E-state index is 0.132. The molecule has 19 heavy (non-hydrogen) atoms. The lowest BCUT2D eigenvalue weighted by molar-refractivity contribution is 0.0378. The highest BCUT2D eigenvalue weighted by Gasteiger charge is 2.16. The van der Waals surface area contributed by atoms with E-state index in [4.69, 9.17) is 15.2 Å². The first-order valence-corrected chi connectivity index (χ1v) is 6.51. The maximum absolute atomic E-state index is 11.8. The molecule has 1 aromatic carbocycles. The number of morpholine rings is 1. The summed E-state index contributed by atoms with van der Waals surface area (Å²) in [4.78, 5) is 13.9. The van der Waals surface area contributed by atoms with Crippen molar-refractivity contribution in [2.75, 3.05) is 36.9 Å². The largest absolute Gasteiger partial charge is 0.459 e. The molecule has 1 aliphatic heterocycles. The van der Waals surface area contributed by atoms with Crippen LogP contribution in [0.25, 0.3) is 0 Å². The van der Waals surface area contributed by atoms with Crippen molar-refractivity contribution in [1.29, 1.82) is 0 Å². The van der Waals surface area contributed by atoms with Crippen LogP contribution in [0, 0.1) is 0 Å². The van der Waals surface area contributed by atoms with Crippen molar-refractivity contribution in [3.63, 3.8) is 0 Å². The fourth-order valence-electron chi connectivity index (χ4n) is 2.06. The molecule has 1 aliphatic rings. The van der Waals surface area contributed by atoms with Crippen molar-refractivity contribution in [2.45, 2.75) is 20.0 Å². The highest BCUT2D eigenvalue weighted by molar-refractivity contribution is 5.92. The van der Waals surface area contributed by atoms with E-state index in [1.54, 1.807) is 12.1 Å². The zero-order chi connectivity index (χ0) is 13.8. The Morgan fingerprint density at radius 2 is 2.05 bits per heavy atom. The number of carbonyl (C=O) groups excluding carboxylic acids is 1. The van der Waals surface area contributed by atoms with Crippen molar-refractivity contribution >= 4 is 17.3 Å². The Hall–Kier alpha value is -1.75. The van der Waals surface area contributed by atoms with Gasteiger partial charge in [-0.05, 0) is 32.0 Å². The van der Waals surface area contributed by atoms with Crippen LogP contribution in [0.5, 0.6) is 0 Å². The highest BCUT2D eigenvalue weighted by Crippen LogP contribution is 2.25. The summed E-state index contributed by atoms with van der Waals surface area (Å²) < 4.78 is 10.5. The first-order valence-electron chi connectivity index (χ1n) is 6.51. The second-order valence-electron chi connectivity index (χ2n) is 4.83. The number of hydrogen-bond donors (Lipinski definition) is 1. The average Bonchev–Trinajstić information content (AvgIpc) is 2.38. The molecule has 0 bridgehead atoms. The fraction of sp³-hybridized carbons (Fsp3) is 0.500. The van der Waals surface area contributed by atoms with Gasteiger partial charge in [0, 0.05) is 13.1 Å². The number of nitrogens with zero attached hydrogens (tertiary/aromatic N) is 1. The molecule has 1 aromatic rings. The van der Waals surface area contributed by atoms with E-state index in [-0.39, 0.29) is 12.1 Å². The van der Waals surface area contributed by atoms with E-state index in [0.717, 1.165) is 18.8 Å². The van der Waals surface area contributed by atoms with Gasteiger partial charge in [-0.1, -0.05) is 0 Å². The van der Waals surface area contributed by atoms with Gasteiger partial charge in [-0.25, -0.2) is 4.79 Å². The number of nitrogens with two attached hydrogens (primary N) is 1. The van der Waals surface area contributed by atoms with Crippen LogP contribution in [-0.4, -0.2) is 38.4 Å². The molecule has 5 nitrogen and oxygen atoms in total. The quantitative estimate of drug-likeness (QED) is 0.664. The normalized spacial score (nSPS) is 15.6. The number of benzene rings is 1. The number of esters is 1. The molecule has 0 aromatic heterocycles. The fourth-order valence-corrected chi connectivity index (χ4v) is 2.06. The van der Waals surface area contributed by atoms with Crippen molar-refractivity contribution in [3.05, 3.63) is 23.8 Å². The summed E-state index contributed by atoms with van der Waals surface area (Å²) in [7, 11) is 0. The van der Waals surface area contributed by atoms with Crippen molar-refractivity contribution in [1.82, 2.24) is 0 Å². The molecule has 2 rings (SSSR count). The molecule has 5 heteroatoms. The number of rotatable bonds is 3. The first kappa shape index (κ1) is 13.7. The van der Waals surface area contributed by atoms with Gasteiger partial charge in [0.1, 0.15) is 0 Å². The number of nitrogen functional groups attached to an aromatic ring is 1. The van der Waals surface area contributed by atoms with E-state index < -0.39 is 0 Å². The van der Waals surface area contributed by atoms with E-state index in [0.29, 0.717) is 24.5 Å². The number of carbonyl (C=O) groups is 1. The topological polar surface area (TPSA) is 64.8 Å². The first-order chi connectivity index (χ1) is 9.08. The Balaban J connectivity index is 2.14. The average molecular weight is 264 g/mol. The minimum atomic E-state index is -0.338. The molecule has 0 aliphatic carbocycles. The van der Waals surface area contributed by atoms with Crippen LogP contribution in [0.4, 0.5) is 11.4 Å². The lowest BCUT2D eigenvalue weighted by atomic mass is 10.1. The summed E-state index contributed by atoms with van der Waals surface area (Å²) >= 11 is 0. The third-order valence-electron chi connectivity index (χ3n) is 2.96. The SMILES string of the molecule is CC(C)OC(=O)c1ccc(N2CCOCC2)c(N)c1. The Kier molecular flexibility index (Phi) is 4.27. The second-order valence-corrected chi connectivity index (χ2v) is 4.83. The van der Waals surface area contributed by atoms with Crippen LogP contribution in [-0.2, 0) is 9.47 Å². The van der Waals surface area contributed by atoms with Crippen LogP contribution in [0.3, 0.4) is 0 Å². The molecule has 0 saturated carbocycles. The van der Waals surface area contributed by atoms with Crippen LogP contribution in [0.2, 0.25) is 0 Å². The van der Waals surface area contributed by atoms with E-state index in [1.165, 1.54) is 0 Å². The van der Waals surface area contributed by atoms with Gasteiger partial charge in [0.25, 0.3) is 0 Å². The zero-order valence-electron chi connectivity index (χ0n) is 11.4. The monoisotopic (exact) mass is 264 g/mol. The van der Waals surface area contributed by atoms with Gasteiger partial charge >= 0.3 is 5.97 Å². The van der Waals surface area contributed by atoms with E-state index in [9.17, 15) is 4.79 Å². The molecule has 104 valence electrons. The van der Waals surface area contributed by atoms with Gasteiger partial charge in [-0.15, -0.1) is 0 Å². The summed E-state index contributed by atoms with van der Waals surface area (Å²) in [6.07, 6.45) is -0.132. The van der Waals surface area contributed by atoms with Crippen LogP contribution >= 0.6 is 0 Å². The smallest absolute Gasteiger partial charge is 0.338 e. The predicted octanol–water partition coefficient (Wildman–Crippen LogP) is 1.67. The van der Waals surface area contributed by atoms with Gasteiger partial charge in [-0.2, -0.15) is 0 Å². The number of hydrogen-bond acceptors (Lipinski definition) is 5. The summed E-state index contributed by atoms with van der Waals surface area (Å²) in [6.45, 7) is 6.69. The van der Waals surface area contributed by atoms with Gasteiger partial charge in [0.2, 0.25) is 0 Å². The number of ether oxygens (including phenoxy) is 2. The molecule has 0 atom stereocenters. The predicted molar refractivity (Wildman–Crippen MR) is 74.4 cm³/mol. The molecule has 1 fully saturated rings. The summed E-state index contributed by atoms with van der Waals surface area (Å²) in [5.74, 6) is -0.338. The third-order valence-corrected chi connectivity index (χ3v) is 2.96. The molecule has 1 heterocycles. The lowest BCUT2D eigenvalue weighted by Gasteiger charge is -2.29. The number of anilines is 2. The van der Waals surface area contributed by atoms with E-state index >= 15 is 0 Å². The molecular weight excluding hydrogens is 244 g/mol.